The molecule has 4 nitrogen and oxygen atoms in total. The zero-order chi connectivity index (χ0) is 18.5. The highest BCUT2D eigenvalue weighted by atomic mass is 16.5. The van der Waals surface area contributed by atoms with Crippen molar-refractivity contribution >= 4 is 11.9 Å². The SMILES string of the molecule is CC(=O)OC1CC[C@H]2[C@@H]3CC=C4C[C@@H](OC(C)=O)CC[C@@H]4[C@H]3CC[C@]12C. The minimum atomic E-state index is -0.154. The van der Waals surface area contributed by atoms with E-state index in [2.05, 4.69) is 13.0 Å². The highest BCUT2D eigenvalue weighted by molar-refractivity contribution is 5.66. The van der Waals surface area contributed by atoms with Gasteiger partial charge in [-0.3, -0.25) is 9.59 Å². The van der Waals surface area contributed by atoms with Crippen molar-refractivity contribution in [1.29, 1.82) is 0 Å². The molecule has 7 atom stereocenters. The number of esters is 2. The number of hydrogen-bond donors (Lipinski definition) is 0. The number of allylic oxidation sites excluding steroid dienone is 1. The van der Waals surface area contributed by atoms with Crippen molar-refractivity contribution in [2.45, 2.75) is 84.3 Å². The largest absolute Gasteiger partial charge is 0.462 e. The molecule has 3 saturated carbocycles. The number of carbonyl (C=O) groups is 2. The molecule has 0 heterocycles. The first-order chi connectivity index (χ1) is 12.4. The van der Waals surface area contributed by atoms with E-state index in [0.717, 1.165) is 43.9 Å². The van der Waals surface area contributed by atoms with Crippen LogP contribution in [0.25, 0.3) is 0 Å². The molecule has 0 N–H and O–H groups in total. The summed E-state index contributed by atoms with van der Waals surface area (Å²) < 4.78 is 11.2. The quantitative estimate of drug-likeness (QED) is 0.540. The maximum atomic E-state index is 11.5. The van der Waals surface area contributed by atoms with E-state index >= 15 is 0 Å². The van der Waals surface area contributed by atoms with Crippen molar-refractivity contribution in [3.63, 3.8) is 0 Å². The van der Waals surface area contributed by atoms with E-state index in [1.807, 2.05) is 0 Å². The second kappa shape index (κ2) is 6.69. The molecule has 0 saturated heterocycles. The van der Waals surface area contributed by atoms with Crippen LogP contribution in [0.4, 0.5) is 0 Å². The molecule has 0 aromatic carbocycles. The fourth-order valence-electron chi connectivity index (χ4n) is 6.92. The van der Waals surface area contributed by atoms with Gasteiger partial charge in [-0.05, 0) is 68.6 Å². The molecule has 0 aromatic rings. The van der Waals surface area contributed by atoms with Crippen LogP contribution >= 0.6 is 0 Å². The molecule has 0 aliphatic heterocycles. The van der Waals surface area contributed by atoms with E-state index in [9.17, 15) is 9.59 Å². The fraction of sp³-hybridized carbons (Fsp3) is 0.818. The Kier molecular flexibility index (Phi) is 4.65. The van der Waals surface area contributed by atoms with Crippen LogP contribution in [-0.2, 0) is 19.1 Å². The van der Waals surface area contributed by atoms with E-state index < -0.39 is 0 Å². The Labute approximate surface area is 156 Å². The van der Waals surface area contributed by atoms with Crippen molar-refractivity contribution in [3.05, 3.63) is 11.6 Å². The second-order valence-electron chi connectivity index (χ2n) is 9.29. The van der Waals surface area contributed by atoms with Crippen LogP contribution in [0.15, 0.2) is 11.6 Å². The molecule has 0 amide bonds. The molecule has 144 valence electrons. The fourth-order valence-corrected chi connectivity index (χ4v) is 6.92. The molecule has 3 fully saturated rings. The standard InChI is InChI=1S/C22H32O4/c1-13(23)25-16-5-7-17-15(12-16)4-6-19-18(17)10-11-22(3)20(19)8-9-21(22)26-14(2)24/h4,16-21H,5-12H2,1-3H3/t16-,17-,18+,19+,20-,21?,22-/m0/s1. The summed E-state index contributed by atoms with van der Waals surface area (Å²) in [6.45, 7) is 5.42. The molecule has 1 unspecified atom stereocenters. The zero-order valence-electron chi connectivity index (χ0n) is 16.3. The number of fused-ring (bicyclic) bond motifs is 5. The third-order valence-corrected chi connectivity index (χ3v) is 7.95. The average molecular weight is 360 g/mol. The Hall–Kier alpha value is -1.32. The van der Waals surface area contributed by atoms with Crippen LogP contribution in [0.3, 0.4) is 0 Å². The highest BCUT2D eigenvalue weighted by Gasteiger charge is 2.57. The van der Waals surface area contributed by atoms with E-state index in [4.69, 9.17) is 9.47 Å². The summed E-state index contributed by atoms with van der Waals surface area (Å²) in [5, 5.41) is 0. The Bertz CT molecular complexity index is 624. The summed E-state index contributed by atoms with van der Waals surface area (Å²) in [5.74, 6) is 2.57. The van der Waals surface area contributed by atoms with Gasteiger partial charge in [0, 0.05) is 25.7 Å². The first kappa shape index (κ1) is 18.1. The molecule has 26 heavy (non-hydrogen) atoms. The lowest BCUT2D eigenvalue weighted by molar-refractivity contribution is -0.155. The van der Waals surface area contributed by atoms with Gasteiger partial charge in [-0.1, -0.05) is 18.6 Å². The molecule has 0 bridgehead atoms. The molecule has 0 aromatic heterocycles. The van der Waals surface area contributed by atoms with Gasteiger partial charge in [0.05, 0.1) is 0 Å². The van der Waals surface area contributed by atoms with Gasteiger partial charge in [-0.2, -0.15) is 0 Å². The van der Waals surface area contributed by atoms with E-state index in [0.29, 0.717) is 11.8 Å². The molecule has 4 heteroatoms. The number of hydrogen-bond acceptors (Lipinski definition) is 4. The molecule has 4 aliphatic carbocycles. The van der Waals surface area contributed by atoms with Crippen molar-refractivity contribution in [1.82, 2.24) is 0 Å². The van der Waals surface area contributed by atoms with Gasteiger partial charge in [-0.25, -0.2) is 0 Å². The molecular weight excluding hydrogens is 328 g/mol. The summed E-state index contributed by atoms with van der Waals surface area (Å²) >= 11 is 0. The first-order valence-electron chi connectivity index (χ1n) is 10.4. The Morgan fingerprint density at radius 2 is 1.77 bits per heavy atom. The lowest BCUT2D eigenvalue weighted by atomic mass is 9.53. The minimum Gasteiger partial charge on any atom is -0.462 e. The second-order valence-corrected chi connectivity index (χ2v) is 9.29. The molecule has 4 aliphatic rings. The maximum Gasteiger partial charge on any atom is 0.302 e. The van der Waals surface area contributed by atoms with Gasteiger partial charge in [0.1, 0.15) is 12.2 Å². The van der Waals surface area contributed by atoms with Crippen LogP contribution in [0.5, 0.6) is 0 Å². The molecule has 0 radical (unpaired) electrons. The van der Waals surface area contributed by atoms with Crippen LogP contribution < -0.4 is 0 Å². The average Bonchev–Trinajstić information content (AvgIpc) is 2.90. The van der Waals surface area contributed by atoms with Gasteiger partial charge in [0.25, 0.3) is 0 Å². The summed E-state index contributed by atoms with van der Waals surface area (Å²) in [5.41, 5.74) is 1.70. The normalized spacial score (nSPS) is 44.2. The topological polar surface area (TPSA) is 52.6 Å². The van der Waals surface area contributed by atoms with E-state index in [1.54, 1.807) is 12.5 Å². The van der Waals surface area contributed by atoms with Crippen LogP contribution in [-0.4, -0.2) is 24.1 Å². The van der Waals surface area contributed by atoms with Gasteiger partial charge >= 0.3 is 11.9 Å². The zero-order valence-corrected chi connectivity index (χ0v) is 16.3. The lowest BCUT2D eigenvalue weighted by Crippen LogP contribution is -2.48. The van der Waals surface area contributed by atoms with Gasteiger partial charge in [0.15, 0.2) is 0 Å². The molecular formula is C22H32O4. The maximum absolute atomic E-state index is 11.5. The van der Waals surface area contributed by atoms with Crippen molar-refractivity contribution in [3.8, 4) is 0 Å². The number of rotatable bonds is 2. The summed E-state index contributed by atoms with van der Waals surface area (Å²) in [4.78, 5) is 22.8. The molecule has 0 spiro atoms. The van der Waals surface area contributed by atoms with Crippen molar-refractivity contribution in [2.75, 3.05) is 0 Å². The monoisotopic (exact) mass is 360 g/mol. The van der Waals surface area contributed by atoms with Crippen molar-refractivity contribution < 1.29 is 19.1 Å². The Balaban J connectivity index is 1.50. The minimum absolute atomic E-state index is 0.0835. The summed E-state index contributed by atoms with van der Waals surface area (Å²) in [6.07, 6.45) is 11.5. The van der Waals surface area contributed by atoms with Crippen molar-refractivity contribution in [2.24, 2.45) is 29.1 Å². The third-order valence-electron chi connectivity index (χ3n) is 7.95. The number of ether oxygens (including phenoxy) is 2. The van der Waals surface area contributed by atoms with Crippen LogP contribution in [0.2, 0.25) is 0 Å². The van der Waals surface area contributed by atoms with Gasteiger partial charge in [-0.15, -0.1) is 0 Å². The third kappa shape index (κ3) is 2.99. The first-order valence-corrected chi connectivity index (χ1v) is 10.4. The number of carbonyl (C=O) groups excluding carboxylic acids is 2. The smallest absolute Gasteiger partial charge is 0.302 e. The van der Waals surface area contributed by atoms with Crippen LogP contribution in [0.1, 0.15) is 72.1 Å². The predicted molar refractivity (Wildman–Crippen MR) is 98.2 cm³/mol. The van der Waals surface area contributed by atoms with E-state index in [-0.39, 0.29) is 29.6 Å². The van der Waals surface area contributed by atoms with Crippen LogP contribution in [0, 0.1) is 29.1 Å². The molecule has 4 rings (SSSR count). The highest BCUT2D eigenvalue weighted by Crippen LogP contribution is 2.62. The lowest BCUT2D eigenvalue weighted by Gasteiger charge is -2.53. The van der Waals surface area contributed by atoms with Gasteiger partial charge in [0.2, 0.25) is 0 Å². The Morgan fingerprint density at radius 3 is 2.50 bits per heavy atom. The summed E-state index contributed by atoms with van der Waals surface area (Å²) in [7, 11) is 0. The summed E-state index contributed by atoms with van der Waals surface area (Å²) in [6, 6.07) is 0. The Morgan fingerprint density at radius 1 is 1.00 bits per heavy atom. The van der Waals surface area contributed by atoms with E-state index in [1.165, 1.54) is 26.2 Å². The predicted octanol–water partition coefficient (Wildman–Crippen LogP) is 4.42. The van der Waals surface area contributed by atoms with Gasteiger partial charge < -0.3 is 9.47 Å².